The number of sulfone groups is 1. The zero-order valence-electron chi connectivity index (χ0n) is 16.4. The predicted molar refractivity (Wildman–Crippen MR) is 113 cm³/mol. The molecule has 1 fully saturated rings. The zero-order valence-corrected chi connectivity index (χ0v) is 18.0. The van der Waals surface area contributed by atoms with E-state index < -0.39 is 27.8 Å². The third kappa shape index (κ3) is 3.99. The van der Waals surface area contributed by atoms with Crippen molar-refractivity contribution < 1.29 is 17.9 Å². The second-order valence-electron chi connectivity index (χ2n) is 7.68. The van der Waals surface area contributed by atoms with Crippen LogP contribution in [-0.2, 0) is 9.84 Å². The van der Waals surface area contributed by atoms with Crippen LogP contribution >= 0.6 is 11.6 Å². The van der Waals surface area contributed by atoms with Gasteiger partial charge in [-0.1, -0.05) is 11.6 Å². The number of benzene rings is 1. The highest BCUT2D eigenvalue weighted by molar-refractivity contribution is 7.91. The van der Waals surface area contributed by atoms with Crippen molar-refractivity contribution in [3.8, 4) is 11.3 Å². The van der Waals surface area contributed by atoms with Crippen LogP contribution in [0.5, 0.6) is 0 Å². The van der Waals surface area contributed by atoms with Crippen molar-refractivity contribution in [3.05, 3.63) is 35.5 Å². The molecule has 2 N–H and O–H groups in total. The standard InChI is InChI=1S/C19H21ClFN5O3S/c1-10(2)26-9-23-18-13(21)5-11(6-15(18)26)17-12(20)7-22-19(25-17)24-14-3-4-30(28,29)8-16(14)27/h5-7,9-10,14,16,27H,3-4,8H2,1-2H3,(H,22,24,25)/t14-,16-/m0/s1. The summed E-state index contributed by atoms with van der Waals surface area (Å²) in [7, 11) is -3.25. The molecule has 3 aromatic rings. The molecule has 0 unspecified atom stereocenters. The first-order valence-electron chi connectivity index (χ1n) is 9.48. The van der Waals surface area contributed by atoms with Crippen molar-refractivity contribution in [2.24, 2.45) is 0 Å². The molecular formula is C19H21ClFN5O3S. The highest BCUT2D eigenvalue weighted by atomic mass is 35.5. The van der Waals surface area contributed by atoms with Crippen molar-refractivity contribution in [3.63, 3.8) is 0 Å². The van der Waals surface area contributed by atoms with Gasteiger partial charge in [0.25, 0.3) is 0 Å². The van der Waals surface area contributed by atoms with Crippen LogP contribution in [0.1, 0.15) is 26.3 Å². The fourth-order valence-corrected chi connectivity index (χ4v) is 5.30. The van der Waals surface area contributed by atoms with Gasteiger partial charge in [-0.25, -0.2) is 27.8 Å². The van der Waals surface area contributed by atoms with E-state index in [0.29, 0.717) is 16.8 Å². The second kappa shape index (κ2) is 7.75. The number of imidazole rings is 1. The van der Waals surface area contributed by atoms with Gasteiger partial charge in [0.1, 0.15) is 5.52 Å². The maximum atomic E-state index is 14.7. The van der Waals surface area contributed by atoms with Crippen molar-refractivity contribution >= 4 is 38.4 Å². The molecule has 2 aromatic heterocycles. The Bertz CT molecular complexity index is 1210. The maximum Gasteiger partial charge on any atom is 0.223 e. The van der Waals surface area contributed by atoms with Gasteiger partial charge < -0.3 is 15.0 Å². The van der Waals surface area contributed by atoms with Gasteiger partial charge >= 0.3 is 0 Å². The van der Waals surface area contributed by atoms with E-state index in [1.54, 1.807) is 12.4 Å². The molecule has 0 amide bonds. The van der Waals surface area contributed by atoms with Crippen molar-refractivity contribution in [2.45, 2.75) is 38.5 Å². The lowest BCUT2D eigenvalue weighted by atomic mass is 10.1. The smallest absolute Gasteiger partial charge is 0.223 e. The zero-order chi connectivity index (χ0) is 21.6. The molecule has 30 heavy (non-hydrogen) atoms. The minimum absolute atomic E-state index is 0.0246. The van der Waals surface area contributed by atoms with Gasteiger partial charge in [0, 0.05) is 11.6 Å². The lowest BCUT2D eigenvalue weighted by Gasteiger charge is -2.28. The number of halogens is 2. The molecule has 1 aliphatic heterocycles. The van der Waals surface area contributed by atoms with Crippen LogP contribution in [0.25, 0.3) is 22.3 Å². The van der Waals surface area contributed by atoms with Crippen LogP contribution in [0.3, 0.4) is 0 Å². The van der Waals surface area contributed by atoms with Gasteiger partial charge in [-0.15, -0.1) is 0 Å². The van der Waals surface area contributed by atoms with Gasteiger partial charge in [-0.2, -0.15) is 0 Å². The Morgan fingerprint density at radius 2 is 2.10 bits per heavy atom. The molecule has 0 bridgehead atoms. The summed E-state index contributed by atoms with van der Waals surface area (Å²) in [5.41, 5.74) is 1.67. The monoisotopic (exact) mass is 453 g/mol. The van der Waals surface area contributed by atoms with Gasteiger partial charge in [0.15, 0.2) is 15.7 Å². The molecule has 0 radical (unpaired) electrons. The largest absolute Gasteiger partial charge is 0.390 e. The van der Waals surface area contributed by atoms with Crippen LogP contribution < -0.4 is 5.32 Å². The summed E-state index contributed by atoms with van der Waals surface area (Å²) in [5, 5.41) is 13.4. The van der Waals surface area contributed by atoms with E-state index in [1.165, 1.54) is 12.3 Å². The molecule has 1 aromatic carbocycles. The molecule has 3 heterocycles. The molecule has 160 valence electrons. The molecule has 11 heteroatoms. The predicted octanol–water partition coefficient (Wildman–Crippen LogP) is 2.83. The molecule has 1 saturated heterocycles. The SMILES string of the molecule is CC(C)n1cnc2c(F)cc(-c3nc(N[C@H]4CCS(=O)(=O)C[C@@H]4O)ncc3Cl)cc21. The minimum atomic E-state index is -3.25. The van der Waals surface area contributed by atoms with E-state index in [-0.39, 0.29) is 40.5 Å². The molecule has 8 nitrogen and oxygen atoms in total. The number of rotatable bonds is 4. The van der Waals surface area contributed by atoms with Crippen LogP contribution in [0.2, 0.25) is 5.02 Å². The van der Waals surface area contributed by atoms with Crippen molar-refractivity contribution in [1.82, 2.24) is 19.5 Å². The summed E-state index contributed by atoms with van der Waals surface area (Å²) in [6.07, 6.45) is 2.15. The fourth-order valence-electron chi connectivity index (χ4n) is 3.57. The average molecular weight is 454 g/mol. The first-order chi connectivity index (χ1) is 14.1. The summed E-state index contributed by atoms with van der Waals surface area (Å²) in [5.74, 6) is -0.648. The first-order valence-corrected chi connectivity index (χ1v) is 11.7. The Morgan fingerprint density at radius 3 is 2.80 bits per heavy atom. The number of aliphatic hydroxyl groups is 1. The summed E-state index contributed by atoms with van der Waals surface area (Å²) >= 11 is 6.29. The van der Waals surface area contributed by atoms with Crippen molar-refractivity contribution in [2.75, 3.05) is 16.8 Å². The maximum absolute atomic E-state index is 14.7. The number of nitrogens with one attached hydrogen (secondary N) is 1. The number of hydrogen-bond acceptors (Lipinski definition) is 7. The van der Waals surface area contributed by atoms with Gasteiger partial charge in [-0.3, -0.25) is 0 Å². The van der Waals surface area contributed by atoms with Gasteiger partial charge in [-0.05, 0) is 32.4 Å². The van der Waals surface area contributed by atoms with Crippen LogP contribution in [0.15, 0.2) is 24.7 Å². The van der Waals surface area contributed by atoms with Crippen LogP contribution in [0, 0.1) is 5.82 Å². The first kappa shape index (κ1) is 21.0. The average Bonchev–Trinajstić information content (AvgIpc) is 3.10. The van der Waals surface area contributed by atoms with E-state index in [4.69, 9.17) is 11.6 Å². The Balaban J connectivity index is 1.69. The Morgan fingerprint density at radius 1 is 1.33 bits per heavy atom. The van der Waals surface area contributed by atoms with E-state index in [0.717, 1.165) is 0 Å². The Hall–Kier alpha value is -2.30. The molecular weight excluding hydrogens is 433 g/mol. The minimum Gasteiger partial charge on any atom is -0.390 e. The topological polar surface area (TPSA) is 110 Å². The summed E-state index contributed by atoms with van der Waals surface area (Å²) in [6, 6.07) is 2.67. The summed E-state index contributed by atoms with van der Waals surface area (Å²) in [6.45, 7) is 3.95. The van der Waals surface area contributed by atoms with E-state index in [9.17, 15) is 17.9 Å². The molecule has 2 atom stereocenters. The van der Waals surface area contributed by atoms with E-state index in [1.807, 2.05) is 18.4 Å². The quantitative estimate of drug-likeness (QED) is 0.624. The molecule has 0 saturated carbocycles. The van der Waals surface area contributed by atoms with Crippen LogP contribution in [0.4, 0.5) is 10.3 Å². The molecule has 0 aliphatic carbocycles. The Labute approximate surface area is 178 Å². The summed E-state index contributed by atoms with van der Waals surface area (Å²) in [4.78, 5) is 12.7. The van der Waals surface area contributed by atoms with Gasteiger partial charge in [0.05, 0.1) is 52.4 Å². The number of aromatic nitrogens is 4. The third-order valence-corrected chi connectivity index (χ3v) is 7.13. The number of anilines is 1. The number of nitrogens with zero attached hydrogens (tertiary/aromatic N) is 4. The van der Waals surface area contributed by atoms with Crippen molar-refractivity contribution in [1.29, 1.82) is 0 Å². The van der Waals surface area contributed by atoms with Crippen LogP contribution in [-0.4, -0.2) is 56.7 Å². The highest BCUT2D eigenvalue weighted by Crippen LogP contribution is 2.31. The number of aliphatic hydroxyl groups excluding tert-OH is 1. The van der Waals surface area contributed by atoms with E-state index >= 15 is 0 Å². The molecule has 1 aliphatic rings. The highest BCUT2D eigenvalue weighted by Gasteiger charge is 2.32. The Kier molecular flexibility index (Phi) is 5.41. The number of hydrogen-bond donors (Lipinski definition) is 2. The second-order valence-corrected chi connectivity index (χ2v) is 10.3. The van der Waals surface area contributed by atoms with E-state index in [2.05, 4.69) is 20.3 Å². The molecule has 4 rings (SSSR count). The lowest BCUT2D eigenvalue weighted by molar-refractivity contribution is 0.167. The van der Waals surface area contributed by atoms with Gasteiger partial charge in [0.2, 0.25) is 5.95 Å². The third-order valence-electron chi connectivity index (χ3n) is 5.15. The summed E-state index contributed by atoms with van der Waals surface area (Å²) < 4.78 is 39.8. The molecule has 0 spiro atoms. The lowest BCUT2D eigenvalue weighted by Crippen LogP contribution is -2.45. The normalized spacial score (nSPS) is 21.3. The number of fused-ring (bicyclic) bond motifs is 1. The fraction of sp³-hybridized carbons (Fsp3) is 0.421.